The van der Waals surface area contributed by atoms with Gasteiger partial charge in [-0.15, -0.1) is 11.3 Å². The number of nitrogens with zero attached hydrogens (tertiary/aromatic N) is 1. The van der Waals surface area contributed by atoms with Crippen LogP contribution in [0.3, 0.4) is 0 Å². The minimum atomic E-state index is -0.215. The second kappa shape index (κ2) is 6.85. The van der Waals surface area contributed by atoms with Gasteiger partial charge in [-0.2, -0.15) is 0 Å². The van der Waals surface area contributed by atoms with Crippen LogP contribution in [-0.4, -0.2) is 17.4 Å². The van der Waals surface area contributed by atoms with Crippen molar-refractivity contribution in [3.63, 3.8) is 0 Å². The lowest BCUT2D eigenvalue weighted by Crippen LogP contribution is -2.15. The number of amides is 1. The summed E-state index contributed by atoms with van der Waals surface area (Å²) in [6.45, 7) is 8.28. The Labute approximate surface area is 113 Å². The van der Waals surface area contributed by atoms with Crippen LogP contribution in [0.4, 0.5) is 0 Å². The SMILES string of the molecule is CC(C)(C)c1ncc(CNCCCCC(N)=O)s1. The fourth-order valence-electron chi connectivity index (χ4n) is 1.50. The number of carbonyl (C=O) groups excluding carboxylic acids is 1. The zero-order valence-corrected chi connectivity index (χ0v) is 12.3. The maximum atomic E-state index is 10.5. The lowest BCUT2D eigenvalue weighted by atomic mass is 9.98. The number of rotatable bonds is 7. The highest BCUT2D eigenvalue weighted by molar-refractivity contribution is 7.11. The Morgan fingerprint density at radius 1 is 1.44 bits per heavy atom. The first-order chi connectivity index (χ1) is 8.39. The minimum absolute atomic E-state index is 0.129. The van der Waals surface area contributed by atoms with Crippen molar-refractivity contribution in [3.05, 3.63) is 16.1 Å². The molecule has 4 nitrogen and oxygen atoms in total. The number of hydrogen-bond acceptors (Lipinski definition) is 4. The fourth-order valence-corrected chi connectivity index (χ4v) is 2.44. The van der Waals surface area contributed by atoms with E-state index >= 15 is 0 Å². The molecule has 0 bridgehead atoms. The Kier molecular flexibility index (Phi) is 5.75. The van der Waals surface area contributed by atoms with Crippen LogP contribution < -0.4 is 11.1 Å². The number of hydrogen-bond donors (Lipinski definition) is 2. The maximum absolute atomic E-state index is 10.5. The molecule has 1 heterocycles. The molecule has 0 aliphatic carbocycles. The summed E-state index contributed by atoms with van der Waals surface area (Å²) < 4.78 is 0. The van der Waals surface area contributed by atoms with Crippen molar-refractivity contribution in [1.29, 1.82) is 0 Å². The first-order valence-corrected chi connectivity index (χ1v) is 7.15. The second-order valence-electron chi connectivity index (χ2n) is 5.48. The average Bonchev–Trinajstić information content (AvgIpc) is 2.71. The number of unbranched alkanes of at least 4 members (excludes halogenated alkanes) is 1. The van der Waals surface area contributed by atoms with Crippen LogP contribution in [0.15, 0.2) is 6.20 Å². The molecule has 3 N–H and O–H groups in total. The summed E-state index contributed by atoms with van der Waals surface area (Å²) in [6, 6.07) is 0. The van der Waals surface area contributed by atoms with Crippen molar-refractivity contribution < 1.29 is 4.79 Å². The summed E-state index contributed by atoms with van der Waals surface area (Å²) in [5.41, 5.74) is 5.21. The summed E-state index contributed by atoms with van der Waals surface area (Å²) >= 11 is 1.76. The van der Waals surface area contributed by atoms with Gasteiger partial charge in [0.2, 0.25) is 5.91 Å². The lowest BCUT2D eigenvalue weighted by molar-refractivity contribution is -0.118. The molecule has 1 amide bonds. The Morgan fingerprint density at radius 3 is 2.72 bits per heavy atom. The molecule has 0 fully saturated rings. The summed E-state index contributed by atoms with van der Waals surface area (Å²) in [7, 11) is 0. The van der Waals surface area contributed by atoms with E-state index in [1.807, 2.05) is 6.20 Å². The van der Waals surface area contributed by atoms with E-state index < -0.39 is 0 Å². The molecule has 0 aromatic carbocycles. The van der Waals surface area contributed by atoms with Gasteiger partial charge >= 0.3 is 0 Å². The van der Waals surface area contributed by atoms with Crippen LogP contribution in [-0.2, 0) is 16.8 Å². The molecular weight excluding hydrogens is 246 g/mol. The number of nitrogens with two attached hydrogens (primary N) is 1. The number of aromatic nitrogens is 1. The Hall–Kier alpha value is -0.940. The third-order valence-electron chi connectivity index (χ3n) is 2.52. The highest BCUT2D eigenvalue weighted by atomic mass is 32.1. The zero-order valence-electron chi connectivity index (χ0n) is 11.5. The maximum Gasteiger partial charge on any atom is 0.217 e. The van der Waals surface area contributed by atoms with Crippen molar-refractivity contribution in [2.45, 2.75) is 52.0 Å². The van der Waals surface area contributed by atoms with Gasteiger partial charge in [0, 0.05) is 29.5 Å². The van der Waals surface area contributed by atoms with E-state index in [1.54, 1.807) is 11.3 Å². The molecule has 0 aliphatic rings. The highest BCUT2D eigenvalue weighted by Gasteiger charge is 2.17. The Morgan fingerprint density at radius 2 is 2.17 bits per heavy atom. The van der Waals surface area contributed by atoms with E-state index in [2.05, 4.69) is 31.1 Å². The summed E-state index contributed by atoms with van der Waals surface area (Å²) in [5, 5.41) is 4.53. The molecule has 5 heteroatoms. The zero-order chi connectivity index (χ0) is 13.6. The Balaban J connectivity index is 2.20. The topological polar surface area (TPSA) is 68.0 Å². The van der Waals surface area contributed by atoms with Crippen LogP contribution >= 0.6 is 11.3 Å². The van der Waals surface area contributed by atoms with Gasteiger partial charge in [0.1, 0.15) is 0 Å². The Bertz CT molecular complexity index is 382. The summed E-state index contributed by atoms with van der Waals surface area (Å²) in [4.78, 5) is 16.2. The monoisotopic (exact) mass is 269 g/mol. The molecule has 102 valence electrons. The van der Waals surface area contributed by atoms with E-state index in [-0.39, 0.29) is 11.3 Å². The van der Waals surface area contributed by atoms with Gasteiger partial charge in [-0.25, -0.2) is 4.98 Å². The van der Waals surface area contributed by atoms with Gasteiger partial charge in [-0.1, -0.05) is 20.8 Å². The molecule has 18 heavy (non-hydrogen) atoms. The third kappa shape index (κ3) is 5.60. The lowest BCUT2D eigenvalue weighted by Gasteiger charge is -2.13. The molecule has 0 radical (unpaired) electrons. The van der Waals surface area contributed by atoms with E-state index in [0.717, 1.165) is 25.9 Å². The molecule has 0 unspecified atom stereocenters. The largest absolute Gasteiger partial charge is 0.370 e. The van der Waals surface area contributed by atoms with Crippen LogP contribution in [0, 0.1) is 0 Å². The van der Waals surface area contributed by atoms with E-state index in [9.17, 15) is 4.79 Å². The minimum Gasteiger partial charge on any atom is -0.370 e. The molecular formula is C13H23N3OS. The summed E-state index contributed by atoms with van der Waals surface area (Å²) in [6.07, 6.45) is 4.27. The number of primary amides is 1. The molecule has 0 atom stereocenters. The molecule has 1 aromatic rings. The van der Waals surface area contributed by atoms with Crippen molar-refractivity contribution in [2.75, 3.05) is 6.54 Å². The highest BCUT2D eigenvalue weighted by Crippen LogP contribution is 2.26. The van der Waals surface area contributed by atoms with Gasteiger partial charge in [0.05, 0.1) is 5.01 Å². The van der Waals surface area contributed by atoms with Crippen molar-refractivity contribution >= 4 is 17.2 Å². The fraction of sp³-hybridized carbons (Fsp3) is 0.692. The predicted octanol–water partition coefficient (Wildman–Crippen LogP) is 2.19. The quantitative estimate of drug-likeness (QED) is 0.746. The normalized spacial score (nSPS) is 11.7. The van der Waals surface area contributed by atoms with Crippen LogP contribution in [0.1, 0.15) is 49.9 Å². The van der Waals surface area contributed by atoms with Gasteiger partial charge in [-0.05, 0) is 19.4 Å². The van der Waals surface area contributed by atoms with E-state index in [0.29, 0.717) is 6.42 Å². The smallest absolute Gasteiger partial charge is 0.217 e. The first-order valence-electron chi connectivity index (χ1n) is 6.34. The van der Waals surface area contributed by atoms with Gasteiger partial charge < -0.3 is 11.1 Å². The van der Waals surface area contributed by atoms with Gasteiger partial charge in [-0.3, -0.25) is 4.79 Å². The molecule has 0 saturated carbocycles. The van der Waals surface area contributed by atoms with Gasteiger partial charge in [0.15, 0.2) is 0 Å². The number of carbonyl (C=O) groups is 1. The van der Waals surface area contributed by atoms with Crippen molar-refractivity contribution in [1.82, 2.24) is 10.3 Å². The molecule has 1 rings (SSSR count). The predicted molar refractivity (Wildman–Crippen MR) is 75.6 cm³/mol. The number of thiazole rings is 1. The van der Waals surface area contributed by atoms with Crippen LogP contribution in [0.25, 0.3) is 0 Å². The second-order valence-corrected chi connectivity index (χ2v) is 6.60. The third-order valence-corrected chi connectivity index (χ3v) is 3.94. The molecule has 1 aromatic heterocycles. The van der Waals surface area contributed by atoms with E-state index in [1.165, 1.54) is 9.88 Å². The molecule has 0 spiro atoms. The van der Waals surface area contributed by atoms with E-state index in [4.69, 9.17) is 5.73 Å². The molecule has 0 aliphatic heterocycles. The number of nitrogens with one attached hydrogen (secondary N) is 1. The average molecular weight is 269 g/mol. The standard InChI is InChI=1S/C13H23N3OS/c1-13(2,3)12-16-9-10(18-12)8-15-7-5-4-6-11(14)17/h9,15H,4-8H2,1-3H3,(H2,14,17). The molecule has 0 saturated heterocycles. The van der Waals surface area contributed by atoms with Crippen molar-refractivity contribution in [2.24, 2.45) is 5.73 Å². The van der Waals surface area contributed by atoms with Crippen LogP contribution in [0.2, 0.25) is 0 Å². The van der Waals surface area contributed by atoms with Crippen molar-refractivity contribution in [3.8, 4) is 0 Å². The summed E-state index contributed by atoms with van der Waals surface area (Å²) in [5.74, 6) is -0.215. The van der Waals surface area contributed by atoms with Crippen LogP contribution in [0.5, 0.6) is 0 Å². The first kappa shape index (κ1) is 15.1. The van der Waals surface area contributed by atoms with Gasteiger partial charge in [0.25, 0.3) is 0 Å².